The number of hydrogen-bond donors (Lipinski definition) is 3. The van der Waals surface area contributed by atoms with Crippen LogP contribution in [0.15, 0.2) is 40.9 Å². The highest BCUT2D eigenvalue weighted by atomic mass is 79.9. The molecular weight excluding hydrogens is 306 g/mol. The van der Waals surface area contributed by atoms with Crippen LogP contribution < -0.4 is 16.8 Å². The highest BCUT2D eigenvalue weighted by molar-refractivity contribution is 9.10. The van der Waals surface area contributed by atoms with E-state index in [-0.39, 0.29) is 0 Å². The van der Waals surface area contributed by atoms with E-state index in [1.807, 2.05) is 25.1 Å². The molecule has 19 heavy (non-hydrogen) atoms. The van der Waals surface area contributed by atoms with Crippen molar-refractivity contribution in [3.8, 4) is 0 Å². The number of rotatable bonds is 3. The van der Waals surface area contributed by atoms with Crippen LogP contribution in [-0.2, 0) is 0 Å². The van der Waals surface area contributed by atoms with E-state index in [0.29, 0.717) is 11.3 Å². The summed E-state index contributed by atoms with van der Waals surface area (Å²) in [6, 6.07) is 11.0. The molecular formula is C14H14BrN3O. The van der Waals surface area contributed by atoms with Crippen LogP contribution in [-0.4, -0.2) is 5.91 Å². The molecule has 0 aliphatic rings. The first-order valence-electron chi connectivity index (χ1n) is 5.70. The highest BCUT2D eigenvalue weighted by Crippen LogP contribution is 2.24. The van der Waals surface area contributed by atoms with Crippen molar-refractivity contribution in [2.75, 3.05) is 11.1 Å². The molecule has 98 valence electrons. The molecule has 5 heteroatoms. The zero-order chi connectivity index (χ0) is 14.0. The molecule has 2 aromatic carbocycles. The quantitative estimate of drug-likeness (QED) is 0.760. The maximum absolute atomic E-state index is 11.2. The summed E-state index contributed by atoms with van der Waals surface area (Å²) in [5.41, 5.74) is 14.5. The summed E-state index contributed by atoms with van der Waals surface area (Å²) in [6.07, 6.45) is 0. The molecule has 1 amide bonds. The summed E-state index contributed by atoms with van der Waals surface area (Å²) in [5, 5.41) is 3.21. The zero-order valence-electron chi connectivity index (χ0n) is 10.4. The average molecular weight is 320 g/mol. The molecule has 2 aromatic rings. The number of aryl methyl sites for hydroxylation is 1. The number of nitrogens with two attached hydrogens (primary N) is 2. The van der Waals surface area contributed by atoms with Gasteiger partial charge in [-0.15, -0.1) is 0 Å². The van der Waals surface area contributed by atoms with Gasteiger partial charge in [-0.1, -0.05) is 15.9 Å². The number of carbonyl (C=O) groups excluding carboxylic acids is 1. The predicted molar refractivity (Wildman–Crippen MR) is 81.5 cm³/mol. The number of nitrogens with one attached hydrogen (secondary N) is 1. The van der Waals surface area contributed by atoms with E-state index in [9.17, 15) is 4.79 Å². The monoisotopic (exact) mass is 319 g/mol. The van der Waals surface area contributed by atoms with Gasteiger partial charge in [0.2, 0.25) is 0 Å². The van der Waals surface area contributed by atoms with Crippen molar-refractivity contribution in [3.05, 3.63) is 52.0 Å². The Kier molecular flexibility index (Phi) is 3.76. The number of hydrogen-bond acceptors (Lipinski definition) is 3. The van der Waals surface area contributed by atoms with Gasteiger partial charge in [-0.05, 0) is 48.9 Å². The molecule has 0 saturated heterocycles. The number of nitrogen functional groups attached to an aromatic ring is 1. The first-order chi connectivity index (χ1) is 8.97. The average Bonchev–Trinajstić information content (AvgIpc) is 2.36. The second-order valence-electron chi connectivity index (χ2n) is 4.26. The minimum absolute atomic E-state index is 0.318. The summed E-state index contributed by atoms with van der Waals surface area (Å²) in [4.78, 5) is 11.2. The third-order valence-corrected chi connectivity index (χ3v) is 3.66. The van der Waals surface area contributed by atoms with Gasteiger partial charge in [-0.2, -0.15) is 0 Å². The fourth-order valence-corrected chi connectivity index (χ4v) is 1.98. The van der Waals surface area contributed by atoms with E-state index in [1.165, 1.54) is 0 Å². The molecule has 4 nitrogen and oxygen atoms in total. The molecule has 2 rings (SSSR count). The standard InChI is InChI=1S/C14H14BrN3O/c1-8-6-9(2-4-12(8)15)18-10-3-5-13(16)11(7-10)14(17)19/h2-7,18H,16H2,1H3,(H2,17,19). The number of anilines is 3. The molecule has 0 heterocycles. The molecule has 0 aliphatic carbocycles. The Morgan fingerprint density at radius 1 is 1.16 bits per heavy atom. The molecule has 0 aliphatic heterocycles. The fourth-order valence-electron chi connectivity index (χ4n) is 1.74. The third kappa shape index (κ3) is 3.06. The second kappa shape index (κ2) is 5.32. The smallest absolute Gasteiger partial charge is 0.250 e. The van der Waals surface area contributed by atoms with Gasteiger partial charge < -0.3 is 16.8 Å². The second-order valence-corrected chi connectivity index (χ2v) is 5.11. The van der Waals surface area contributed by atoms with Gasteiger partial charge in [0.1, 0.15) is 0 Å². The number of primary amides is 1. The van der Waals surface area contributed by atoms with Gasteiger partial charge in [0.05, 0.1) is 5.56 Å². The van der Waals surface area contributed by atoms with Crippen molar-refractivity contribution < 1.29 is 4.79 Å². The van der Waals surface area contributed by atoms with Crippen molar-refractivity contribution >= 4 is 38.9 Å². The number of benzene rings is 2. The van der Waals surface area contributed by atoms with Crippen LogP contribution in [0.1, 0.15) is 15.9 Å². The van der Waals surface area contributed by atoms with Gasteiger partial charge in [0, 0.05) is 21.5 Å². The summed E-state index contributed by atoms with van der Waals surface area (Å²) in [5.74, 6) is -0.534. The van der Waals surface area contributed by atoms with Gasteiger partial charge in [-0.3, -0.25) is 4.79 Å². The van der Waals surface area contributed by atoms with E-state index in [2.05, 4.69) is 21.2 Å². The van der Waals surface area contributed by atoms with Crippen LogP contribution in [0.4, 0.5) is 17.1 Å². The van der Waals surface area contributed by atoms with Crippen molar-refractivity contribution in [1.29, 1.82) is 0 Å². The Balaban J connectivity index is 2.30. The van der Waals surface area contributed by atoms with Crippen LogP contribution in [0.2, 0.25) is 0 Å². The molecule has 0 bridgehead atoms. The molecule has 0 spiro atoms. The maximum atomic E-state index is 11.2. The lowest BCUT2D eigenvalue weighted by Gasteiger charge is -2.10. The summed E-state index contributed by atoms with van der Waals surface area (Å²) in [6.45, 7) is 2.01. The fraction of sp³-hybridized carbons (Fsp3) is 0.0714. The third-order valence-electron chi connectivity index (χ3n) is 2.77. The van der Waals surface area contributed by atoms with Gasteiger partial charge in [0.15, 0.2) is 0 Å². The lowest BCUT2D eigenvalue weighted by atomic mass is 10.1. The zero-order valence-corrected chi connectivity index (χ0v) is 12.0. The maximum Gasteiger partial charge on any atom is 0.250 e. The van der Waals surface area contributed by atoms with Gasteiger partial charge in [0.25, 0.3) is 5.91 Å². The van der Waals surface area contributed by atoms with E-state index in [0.717, 1.165) is 21.4 Å². The topological polar surface area (TPSA) is 81.1 Å². The van der Waals surface area contributed by atoms with Crippen LogP contribution >= 0.6 is 15.9 Å². The predicted octanol–water partition coefficient (Wildman–Crippen LogP) is 3.18. The minimum Gasteiger partial charge on any atom is -0.398 e. The van der Waals surface area contributed by atoms with E-state index in [4.69, 9.17) is 11.5 Å². The lowest BCUT2D eigenvalue weighted by molar-refractivity contribution is 0.100. The van der Waals surface area contributed by atoms with Crippen molar-refractivity contribution in [3.63, 3.8) is 0 Å². The summed E-state index contributed by atoms with van der Waals surface area (Å²) in [7, 11) is 0. The first kappa shape index (κ1) is 13.4. The Morgan fingerprint density at radius 3 is 2.42 bits per heavy atom. The molecule has 0 atom stereocenters. The molecule has 0 radical (unpaired) electrons. The largest absolute Gasteiger partial charge is 0.398 e. The van der Waals surface area contributed by atoms with Crippen LogP contribution in [0.25, 0.3) is 0 Å². The van der Waals surface area contributed by atoms with Crippen molar-refractivity contribution in [2.24, 2.45) is 5.73 Å². The Hall–Kier alpha value is -2.01. The Morgan fingerprint density at radius 2 is 1.79 bits per heavy atom. The lowest BCUT2D eigenvalue weighted by Crippen LogP contribution is -2.13. The van der Waals surface area contributed by atoms with Gasteiger partial charge >= 0.3 is 0 Å². The Bertz CT molecular complexity index is 641. The van der Waals surface area contributed by atoms with Gasteiger partial charge in [-0.25, -0.2) is 0 Å². The van der Waals surface area contributed by atoms with Crippen molar-refractivity contribution in [1.82, 2.24) is 0 Å². The molecule has 0 saturated carbocycles. The van der Waals surface area contributed by atoms with Crippen LogP contribution in [0.3, 0.4) is 0 Å². The summed E-state index contributed by atoms with van der Waals surface area (Å²) >= 11 is 3.45. The van der Waals surface area contributed by atoms with Crippen LogP contribution in [0, 0.1) is 6.92 Å². The minimum atomic E-state index is -0.534. The number of amides is 1. The Labute approximate surface area is 119 Å². The van der Waals surface area contributed by atoms with Crippen molar-refractivity contribution in [2.45, 2.75) is 6.92 Å². The normalized spacial score (nSPS) is 10.2. The summed E-state index contributed by atoms with van der Waals surface area (Å²) < 4.78 is 1.05. The molecule has 0 fully saturated rings. The highest BCUT2D eigenvalue weighted by Gasteiger charge is 2.07. The van der Waals surface area contributed by atoms with E-state index in [1.54, 1.807) is 18.2 Å². The first-order valence-corrected chi connectivity index (χ1v) is 6.49. The SMILES string of the molecule is Cc1cc(Nc2ccc(N)c(C(N)=O)c2)ccc1Br. The number of halogens is 1. The molecule has 0 aromatic heterocycles. The number of carbonyl (C=O) groups is 1. The molecule has 0 unspecified atom stereocenters. The van der Waals surface area contributed by atoms with Crippen LogP contribution in [0.5, 0.6) is 0 Å². The van der Waals surface area contributed by atoms with E-state index < -0.39 is 5.91 Å². The molecule has 5 N–H and O–H groups in total. The van der Waals surface area contributed by atoms with E-state index >= 15 is 0 Å².